The largest absolute Gasteiger partial charge is 0.484 e. The normalized spacial score (nSPS) is 10.4. The molecule has 5 heteroatoms. The predicted molar refractivity (Wildman–Crippen MR) is 69.8 cm³/mol. The van der Waals surface area contributed by atoms with Crippen LogP contribution in [0.5, 0.6) is 5.75 Å². The Hall–Kier alpha value is -0.930. The van der Waals surface area contributed by atoms with E-state index >= 15 is 0 Å². The summed E-state index contributed by atoms with van der Waals surface area (Å²) in [5.41, 5.74) is 0. The lowest BCUT2D eigenvalue weighted by Crippen LogP contribution is -2.31. The number of carbonyl (C=O) groups is 1. The van der Waals surface area contributed by atoms with Crippen molar-refractivity contribution in [2.24, 2.45) is 5.92 Å². The van der Waals surface area contributed by atoms with Crippen LogP contribution < -0.4 is 10.1 Å². The number of benzene rings is 1. The summed E-state index contributed by atoms with van der Waals surface area (Å²) in [6.07, 6.45) is 0. The molecule has 0 aromatic heterocycles. The Morgan fingerprint density at radius 3 is 2.65 bits per heavy atom. The molecule has 1 N–H and O–H groups in total. The van der Waals surface area contributed by atoms with Crippen LogP contribution in [-0.2, 0) is 4.79 Å². The van der Waals surface area contributed by atoms with E-state index in [1.54, 1.807) is 18.2 Å². The van der Waals surface area contributed by atoms with E-state index in [1.165, 1.54) is 0 Å². The quantitative estimate of drug-likeness (QED) is 0.897. The summed E-state index contributed by atoms with van der Waals surface area (Å²) in [6, 6.07) is 4.88. The van der Waals surface area contributed by atoms with Crippen LogP contribution in [-0.4, -0.2) is 19.1 Å². The molecule has 0 radical (unpaired) electrons. The van der Waals surface area contributed by atoms with Crippen molar-refractivity contribution in [3.63, 3.8) is 0 Å². The first-order valence-corrected chi connectivity index (χ1v) is 6.09. The van der Waals surface area contributed by atoms with E-state index in [-0.39, 0.29) is 12.5 Å². The van der Waals surface area contributed by atoms with Crippen molar-refractivity contribution in [3.8, 4) is 5.75 Å². The number of carbonyl (C=O) groups excluding carboxylic acids is 1. The van der Waals surface area contributed by atoms with Crippen LogP contribution in [0.25, 0.3) is 0 Å². The van der Waals surface area contributed by atoms with Crippen LogP contribution >= 0.6 is 23.2 Å². The number of hydrogen-bond donors (Lipinski definition) is 1. The van der Waals surface area contributed by atoms with E-state index in [0.29, 0.717) is 28.3 Å². The first kappa shape index (κ1) is 14.1. The zero-order chi connectivity index (χ0) is 12.8. The van der Waals surface area contributed by atoms with Gasteiger partial charge in [0.1, 0.15) is 5.75 Å². The Balaban J connectivity index is 2.39. The topological polar surface area (TPSA) is 38.3 Å². The number of halogens is 2. The van der Waals surface area contributed by atoms with Gasteiger partial charge in [0, 0.05) is 12.6 Å². The molecule has 0 atom stereocenters. The van der Waals surface area contributed by atoms with Crippen molar-refractivity contribution in [3.05, 3.63) is 28.2 Å². The Morgan fingerprint density at radius 2 is 2.06 bits per heavy atom. The van der Waals surface area contributed by atoms with Crippen molar-refractivity contribution >= 4 is 29.1 Å². The molecule has 0 spiro atoms. The van der Waals surface area contributed by atoms with Crippen molar-refractivity contribution in [1.29, 1.82) is 0 Å². The molecule has 0 aliphatic carbocycles. The third kappa shape index (κ3) is 5.29. The third-order valence-electron chi connectivity index (χ3n) is 1.97. The molecule has 0 aliphatic rings. The maximum Gasteiger partial charge on any atom is 0.257 e. The van der Waals surface area contributed by atoms with Crippen LogP contribution in [0.2, 0.25) is 10.0 Å². The first-order valence-electron chi connectivity index (χ1n) is 5.33. The Kier molecular flexibility index (Phi) is 5.59. The van der Waals surface area contributed by atoms with Gasteiger partial charge in [0.2, 0.25) is 0 Å². The molecule has 17 heavy (non-hydrogen) atoms. The van der Waals surface area contributed by atoms with Crippen LogP contribution in [0.3, 0.4) is 0 Å². The molecular weight excluding hydrogens is 261 g/mol. The summed E-state index contributed by atoms with van der Waals surface area (Å²) in [4.78, 5) is 11.4. The minimum Gasteiger partial charge on any atom is -0.484 e. The number of hydrogen-bond acceptors (Lipinski definition) is 2. The highest BCUT2D eigenvalue weighted by Gasteiger charge is 2.05. The van der Waals surface area contributed by atoms with Crippen LogP contribution in [0.4, 0.5) is 0 Å². The summed E-state index contributed by atoms with van der Waals surface area (Å²) < 4.78 is 5.28. The van der Waals surface area contributed by atoms with Gasteiger partial charge in [0.15, 0.2) is 6.61 Å². The highest BCUT2D eigenvalue weighted by Crippen LogP contribution is 2.26. The van der Waals surface area contributed by atoms with Gasteiger partial charge in [-0.3, -0.25) is 4.79 Å². The SMILES string of the molecule is CC(C)CNC(=O)COc1ccc(Cl)c(Cl)c1. The second kappa shape index (κ2) is 6.72. The lowest BCUT2D eigenvalue weighted by atomic mass is 10.2. The number of rotatable bonds is 5. The standard InChI is InChI=1S/C12H15Cl2NO2/c1-8(2)6-15-12(16)7-17-9-3-4-10(13)11(14)5-9/h3-5,8H,6-7H2,1-2H3,(H,15,16). The third-order valence-corrected chi connectivity index (χ3v) is 2.71. The van der Waals surface area contributed by atoms with Gasteiger partial charge in [0.05, 0.1) is 10.0 Å². The molecule has 1 rings (SSSR count). The molecule has 1 amide bonds. The van der Waals surface area contributed by atoms with Gasteiger partial charge in [-0.2, -0.15) is 0 Å². The van der Waals surface area contributed by atoms with E-state index in [1.807, 2.05) is 13.8 Å². The van der Waals surface area contributed by atoms with Crippen molar-refractivity contribution in [2.45, 2.75) is 13.8 Å². The minimum atomic E-state index is -0.148. The Bertz CT molecular complexity index is 394. The summed E-state index contributed by atoms with van der Waals surface area (Å²) in [5, 5.41) is 3.63. The zero-order valence-electron chi connectivity index (χ0n) is 9.80. The summed E-state index contributed by atoms with van der Waals surface area (Å²) in [7, 11) is 0. The number of amides is 1. The lowest BCUT2D eigenvalue weighted by Gasteiger charge is -2.09. The van der Waals surface area contributed by atoms with E-state index in [2.05, 4.69) is 5.32 Å². The van der Waals surface area contributed by atoms with Gasteiger partial charge in [-0.1, -0.05) is 37.0 Å². The van der Waals surface area contributed by atoms with Gasteiger partial charge in [0.25, 0.3) is 5.91 Å². The molecule has 0 aliphatic heterocycles. The van der Waals surface area contributed by atoms with Gasteiger partial charge in [-0.05, 0) is 18.1 Å². The van der Waals surface area contributed by atoms with Gasteiger partial charge in [-0.15, -0.1) is 0 Å². The highest BCUT2D eigenvalue weighted by molar-refractivity contribution is 6.42. The average Bonchev–Trinajstić information content (AvgIpc) is 2.28. The smallest absolute Gasteiger partial charge is 0.257 e. The van der Waals surface area contributed by atoms with Gasteiger partial charge >= 0.3 is 0 Å². The zero-order valence-corrected chi connectivity index (χ0v) is 11.3. The highest BCUT2D eigenvalue weighted by atomic mass is 35.5. The average molecular weight is 276 g/mol. The number of nitrogens with one attached hydrogen (secondary N) is 1. The molecule has 0 heterocycles. The van der Waals surface area contributed by atoms with Crippen LogP contribution in [0, 0.1) is 5.92 Å². The minimum absolute atomic E-state index is 0.0231. The summed E-state index contributed by atoms with van der Waals surface area (Å²) in [6.45, 7) is 4.68. The van der Waals surface area contributed by atoms with E-state index in [4.69, 9.17) is 27.9 Å². The maximum absolute atomic E-state index is 11.4. The summed E-state index contributed by atoms with van der Waals surface area (Å²) in [5.74, 6) is 0.799. The molecule has 0 saturated carbocycles. The van der Waals surface area contributed by atoms with Gasteiger partial charge < -0.3 is 10.1 Å². The van der Waals surface area contributed by atoms with E-state index in [0.717, 1.165) is 0 Å². The lowest BCUT2D eigenvalue weighted by molar-refractivity contribution is -0.123. The molecule has 94 valence electrons. The predicted octanol–water partition coefficient (Wildman–Crippen LogP) is 3.14. The van der Waals surface area contributed by atoms with Crippen molar-refractivity contribution in [1.82, 2.24) is 5.32 Å². The summed E-state index contributed by atoms with van der Waals surface area (Å²) >= 11 is 11.6. The van der Waals surface area contributed by atoms with Crippen molar-refractivity contribution in [2.75, 3.05) is 13.2 Å². The van der Waals surface area contributed by atoms with E-state index < -0.39 is 0 Å². The molecule has 0 fully saturated rings. The second-order valence-electron chi connectivity index (χ2n) is 4.06. The van der Waals surface area contributed by atoms with Crippen LogP contribution in [0.1, 0.15) is 13.8 Å². The fourth-order valence-electron chi connectivity index (χ4n) is 1.08. The molecule has 0 unspecified atom stereocenters. The Morgan fingerprint density at radius 1 is 1.35 bits per heavy atom. The first-order chi connectivity index (χ1) is 7.99. The Labute approximate surface area is 111 Å². The second-order valence-corrected chi connectivity index (χ2v) is 4.88. The monoisotopic (exact) mass is 275 g/mol. The van der Waals surface area contributed by atoms with E-state index in [9.17, 15) is 4.79 Å². The molecule has 0 saturated heterocycles. The van der Waals surface area contributed by atoms with Crippen molar-refractivity contribution < 1.29 is 9.53 Å². The maximum atomic E-state index is 11.4. The van der Waals surface area contributed by atoms with Gasteiger partial charge in [-0.25, -0.2) is 0 Å². The molecule has 1 aromatic rings. The molecular formula is C12H15Cl2NO2. The van der Waals surface area contributed by atoms with Crippen LogP contribution in [0.15, 0.2) is 18.2 Å². The fourth-order valence-corrected chi connectivity index (χ4v) is 1.37. The molecule has 1 aromatic carbocycles. The molecule has 3 nitrogen and oxygen atoms in total. The number of ether oxygens (including phenoxy) is 1. The molecule has 0 bridgehead atoms. The fraction of sp³-hybridized carbons (Fsp3) is 0.417.